The minimum absolute atomic E-state index is 0.128. The molecular formula is C27H40O3. The number of hydrogen-bond acceptors (Lipinski definition) is 3. The second-order valence-electron chi connectivity index (χ2n) is 12.8. The highest BCUT2D eigenvalue weighted by molar-refractivity contribution is 5.83. The van der Waals surface area contributed by atoms with Crippen LogP contribution in [0.25, 0.3) is 0 Å². The number of hydrogen-bond donors (Lipinski definition) is 0. The summed E-state index contributed by atoms with van der Waals surface area (Å²) in [5, 5.41) is 0. The van der Waals surface area contributed by atoms with E-state index in [0.717, 1.165) is 36.5 Å². The first-order valence-corrected chi connectivity index (χ1v) is 12.7. The highest BCUT2D eigenvalue weighted by Gasteiger charge is 2.67. The van der Waals surface area contributed by atoms with E-state index in [9.17, 15) is 4.79 Å². The number of rotatable bonds is 4. The quantitative estimate of drug-likeness (QED) is 0.527. The van der Waals surface area contributed by atoms with Gasteiger partial charge in [-0.15, -0.1) is 0 Å². The topological polar surface area (TPSA) is 42.1 Å². The summed E-state index contributed by atoms with van der Waals surface area (Å²) in [7, 11) is 0. The summed E-state index contributed by atoms with van der Waals surface area (Å²) in [5.41, 5.74) is 2.22. The van der Waals surface area contributed by atoms with Crippen LogP contribution in [0.5, 0.6) is 0 Å². The number of ketones is 1. The highest BCUT2D eigenvalue weighted by Crippen LogP contribution is 2.71. The molecule has 30 heavy (non-hydrogen) atoms. The van der Waals surface area contributed by atoms with Gasteiger partial charge in [0.15, 0.2) is 6.10 Å². The molecule has 6 rings (SSSR count). The van der Waals surface area contributed by atoms with Gasteiger partial charge in [0.2, 0.25) is 0 Å². The molecule has 0 aromatic heterocycles. The SMILES string of the molecule is C[C@H](CCC1OC1(C)C)[C@H]1CC[C@H]2[C@@H]3C4OC4=C4CC(=O)CC[C@]4(C)[C@H]3CC[C@]12C. The average molecular weight is 413 g/mol. The summed E-state index contributed by atoms with van der Waals surface area (Å²) in [6, 6.07) is 0. The Morgan fingerprint density at radius 1 is 1.07 bits per heavy atom. The number of ether oxygens (including phenoxy) is 2. The number of carbonyl (C=O) groups is 1. The van der Waals surface area contributed by atoms with Gasteiger partial charge in [0.1, 0.15) is 11.5 Å². The predicted molar refractivity (Wildman–Crippen MR) is 117 cm³/mol. The van der Waals surface area contributed by atoms with E-state index in [0.29, 0.717) is 35.7 Å². The van der Waals surface area contributed by atoms with Crippen LogP contribution in [0.2, 0.25) is 0 Å². The molecule has 9 atom stereocenters. The van der Waals surface area contributed by atoms with Gasteiger partial charge in [-0.25, -0.2) is 0 Å². The Balaban J connectivity index is 1.23. The zero-order chi connectivity index (χ0) is 21.1. The van der Waals surface area contributed by atoms with Gasteiger partial charge in [0.05, 0.1) is 11.7 Å². The van der Waals surface area contributed by atoms with E-state index in [1.54, 1.807) is 0 Å². The lowest BCUT2D eigenvalue weighted by atomic mass is 9.47. The van der Waals surface area contributed by atoms with Crippen LogP contribution in [0, 0.1) is 40.4 Å². The van der Waals surface area contributed by atoms with E-state index in [1.165, 1.54) is 49.9 Å². The van der Waals surface area contributed by atoms with Crippen molar-refractivity contribution in [3.63, 3.8) is 0 Å². The summed E-state index contributed by atoms with van der Waals surface area (Å²) in [5.74, 6) is 5.54. The van der Waals surface area contributed by atoms with Crippen LogP contribution in [-0.4, -0.2) is 23.6 Å². The molecule has 4 aliphatic carbocycles. The van der Waals surface area contributed by atoms with Gasteiger partial charge < -0.3 is 9.47 Å². The van der Waals surface area contributed by atoms with Gasteiger partial charge in [0, 0.05) is 18.8 Å². The molecule has 0 aromatic carbocycles. The van der Waals surface area contributed by atoms with E-state index in [4.69, 9.17) is 9.47 Å². The van der Waals surface area contributed by atoms with Gasteiger partial charge >= 0.3 is 0 Å². The van der Waals surface area contributed by atoms with Crippen LogP contribution in [0.1, 0.15) is 92.4 Å². The molecule has 0 spiro atoms. The lowest BCUT2D eigenvalue weighted by Gasteiger charge is -2.56. The summed E-state index contributed by atoms with van der Waals surface area (Å²) in [6.45, 7) is 12.1. The van der Waals surface area contributed by atoms with E-state index in [1.807, 2.05) is 0 Å². The highest BCUT2D eigenvalue weighted by atomic mass is 16.6. The third kappa shape index (κ3) is 2.63. The van der Waals surface area contributed by atoms with Gasteiger partial charge in [-0.2, -0.15) is 0 Å². The molecule has 0 bridgehead atoms. The maximum atomic E-state index is 12.2. The molecule has 6 aliphatic rings. The van der Waals surface area contributed by atoms with E-state index >= 15 is 0 Å². The van der Waals surface area contributed by atoms with Crippen molar-refractivity contribution in [2.45, 2.75) is 110 Å². The van der Waals surface area contributed by atoms with Crippen molar-refractivity contribution in [1.82, 2.24) is 0 Å². The van der Waals surface area contributed by atoms with E-state index < -0.39 is 0 Å². The normalized spacial score (nSPS) is 51.3. The van der Waals surface area contributed by atoms with Crippen molar-refractivity contribution >= 4 is 5.78 Å². The zero-order valence-corrected chi connectivity index (χ0v) is 19.6. The second kappa shape index (κ2) is 6.15. The molecular weight excluding hydrogens is 372 g/mol. The fourth-order valence-corrected chi connectivity index (χ4v) is 9.10. The number of fused-ring (bicyclic) bond motifs is 7. The Morgan fingerprint density at radius 2 is 1.83 bits per heavy atom. The van der Waals surface area contributed by atoms with Crippen molar-refractivity contribution in [2.24, 2.45) is 40.4 Å². The van der Waals surface area contributed by atoms with Gasteiger partial charge in [-0.05, 0) is 98.9 Å². The number of carbonyl (C=O) groups excluding carboxylic acids is 1. The third-order valence-electron chi connectivity index (χ3n) is 11.0. The average Bonchev–Trinajstić information content (AvgIpc) is 3.56. The molecule has 0 amide bonds. The molecule has 3 heteroatoms. The molecule has 166 valence electrons. The maximum absolute atomic E-state index is 12.2. The molecule has 2 saturated heterocycles. The molecule has 2 unspecified atom stereocenters. The Labute approximate surface area is 182 Å². The van der Waals surface area contributed by atoms with Crippen LogP contribution in [0.15, 0.2) is 11.3 Å². The molecule has 0 aromatic rings. The second-order valence-corrected chi connectivity index (χ2v) is 12.8. The molecule has 0 radical (unpaired) electrons. The van der Waals surface area contributed by atoms with Gasteiger partial charge in [0.25, 0.3) is 0 Å². The van der Waals surface area contributed by atoms with Gasteiger partial charge in [-0.3, -0.25) is 4.79 Å². The van der Waals surface area contributed by atoms with Crippen LogP contribution in [0.3, 0.4) is 0 Å². The monoisotopic (exact) mass is 412 g/mol. The van der Waals surface area contributed by atoms with Crippen molar-refractivity contribution in [3.05, 3.63) is 11.3 Å². The smallest absolute Gasteiger partial charge is 0.158 e. The first kappa shape index (κ1) is 19.8. The Kier molecular flexibility index (Phi) is 4.06. The van der Waals surface area contributed by atoms with Crippen LogP contribution < -0.4 is 0 Å². The first-order valence-electron chi connectivity index (χ1n) is 12.7. The molecule has 3 nitrogen and oxygen atoms in total. The summed E-state index contributed by atoms with van der Waals surface area (Å²) in [4.78, 5) is 12.2. The lowest BCUT2D eigenvalue weighted by Crippen LogP contribution is -2.52. The zero-order valence-electron chi connectivity index (χ0n) is 19.6. The standard InChI is InChI=1S/C27H40O3/c1-15(6-9-21-25(2,3)30-21)17-7-8-18-22-19(11-13-26(17,18)4)27(5)12-10-16(28)14-20(27)23-24(22)29-23/h15,17-19,21-22,24H,6-14H2,1-5H3/t15-,17-,18+,19+,21?,22+,24?,26-,27-/m1/s1. The van der Waals surface area contributed by atoms with Crippen LogP contribution in [-0.2, 0) is 14.3 Å². The van der Waals surface area contributed by atoms with Crippen LogP contribution >= 0.6 is 0 Å². The Morgan fingerprint density at radius 3 is 2.57 bits per heavy atom. The summed E-state index contributed by atoms with van der Waals surface area (Å²) in [6.07, 6.45) is 11.4. The number of allylic oxidation sites excluding steroid dienone is 1. The Bertz CT molecular complexity index is 811. The molecule has 2 aliphatic heterocycles. The number of epoxide rings is 2. The molecule has 3 saturated carbocycles. The van der Waals surface area contributed by atoms with E-state index in [-0.39, 0.29) is 11.0 Å². The predicted octanol–water partition coefficient (Wildman–Crippen LogP) is 6.06. The minimum atomic E-state index is 0.128. The largest absolute Gasteiger partial charge is 0.483 e. The molecule has 0 N–H and O–H groups in total. The van der Waals surface area contributed by atoms with Crippen molar-refractivity contribution in [3.8, 4) is 0 Å². The van der Waals surface area contributed by atoms with Crippen molar-refractivity contribution < 1.29 is 14.3 Å². The maximum Gasteiger partial charge on any atom is 0.158 e. The summed E-state index contributed by atoms with van der Waals surface area (Å²) < 4.78 is 12.2. The molecule has 5 fully saturated rings. The van der Waals surface area contributed by atoms with Crippen molar-refractivity contribution in [2.75, 3.05) is 0 Å². The van der Waals surface area contributed by atoms with Crippen LogP contribution in [0.4, 0.5) is 0 Å². The number of Topliss-reactive ketones (excluding diaryl/α,β-unsaturated/α-hetero) is 1. The van der Waals surface area contributed by atoms with Crippen molar-refractivity contribution in [1.29, 1.82) is 0 Å². The summed E-state index contributed by atoms with van der Waals surface area (Å²) >= 11 is 0. The van der Waals surface area contributed by atoms with Gasteiger partial charge in [-0.1, -0.05) is 20.8 Å². The van der Waals surface area contributed by atoms with E-state index in [2.05, 4.69) is 34.6 Å². The first-order chi connectivity index (χ1) is 14.1. The Hall–Kier alpha value is -0.830. The fraction of sp³-hybridized carbons (Fsp3) is 0.889. The lowest BCUT2D eigenvalue weighted by molar-refractivity contribution is -0.122. The fourth-order valence-electron chi connectivity index (χ4n) is 9.10. The third-order valence-corrected chi connectivity index (χ3v) is 11.0. The molecule has 2 heterocycles. The minimum Gasteiger partial charge on any atom is -0.483 e.